The van der Waals surface area contributed by atoms with Gasteiger partial charge in [-0.15, -0.1) is 0 Å². The smallest absolute Gasteiger partial charge is 0.337 e. The van der Waals surface area contributed by atoms with E-state index in [0.29, 0.717) is 13.0 Å². The van der Waals surface area contributed by atoms with E-state index in [4.69, 9.17) is 21.8 Å². The van der Waals surface area contributed by atoms with Gasteiger partial charge in [0.15, 0.2) is 0 Å². The maximum absolute atomic E-state index is 10.7. The number of carbonyl (C=O) groups is 1. The Morgan fingerprint density at radius 1 is 1.56 bits per heavy atom. The van der Waals surface area contributed by atoms with Gasteiger partial charge in [-0.2, -0.15) is 0 Å². The van der Waals surface area contributed by atoms with Gasteiger partial charge in [-0.25, -0.2) is 4.79 Å². The fraction of sp³-hybridized carbons (Fsp3) is 0.364. The Hall–Kier alpha value is -1.26. The summed E-state index contributed by atoms with van der Waals surface area (Å²) in [6.45, 7) is 2.32. The molecule has 0 aliphatic heterocycles. The van der Waals surface area contributed by atoms with Gasteiger partial charge in [0.2, 0.25) is 0 Å². The normalized spacial score (nSPS) is 12.2. The standard InChI is InChI=1S/C11H14ClNO3/c1-7(14)4-5-13-8-2-3-9(11(15)16)10(12)6-8/h2-3,6-7,13-14H,4-5H2,1H3,(H,15,16). The molecule has 0 saturated carbocycles. The summed E-state index contributed by atoms with van der Waals surface area (Å²) in [5, 5.41) is 21.1. The van der Waals surface area contributed by atoms with Crippen LogP contribution < -0.4 is 5.32 Å². The van der Waals surface area contributed by atoms with Gasteiger partial charge in [-0.05, 0) is 31.5 Å². The molecule has 0 aromatic heterocycles. The molecule has 1 aromatic rings. The van der Waals surface area contributed by atoms with Crippen LogP contribution in [0.4, 0.5) is 5.69 Å². The number of anilines is 1. The highest BCUT2D eigenvalue weighted by Crippen LogP contribution is 2.20. The maximum atomic E-state index is 10.7. The van der Waals surface area contributed by atoms with Crippen molar-refractivity contribution in [3.63, 3.8) is 0 Å². The first-order valence-corrected chi connectivity index (χ1v) is 5.33. The van der Waals surface area contributed by atoms with Gasteiger partial charge in [0.05, 0.1) is 16.7 Å². The highest BCUT2D eigenvalue weighted by molar-refractivity contribution is 6.33. The number of carboxylic acid groups (broad SMARTS) is 1. The number of rotatable bonds is 5. The molecule has 4 nitrogen and oxygen atoms in total. The lowest BCUT2D eigenvalue weighted by atomic mass is 10.2. The van der Waals surface area contributed by atoms with Gasteiger partial charge in [-0.3, -0.25) is 0 Å². The number of carboxylic acids is 1. The number of aliphatic hydroxyl groups excluding tert-OH is 1. The van der Waals surface area contributed by atoms with Gasteiger partial charge >= 0.3 is 5.97 Å². The van der Waals surface area contributed by atoms with Gasteiger partial charge in [0.1, 0.15) is 0 Å². The van der Waals surface area contributed by atoms with Crippen molar-refractivity contribution in [1.82, 2.24) is 0 Å². The monoisotopic (exact) mass is 243 g/mol. The van der Waals surface area contributed by atoms with E-state index in [0.717, 1.165) is 5.69 Å². The Morgan fingerprint density at radius 2 is 2.25 bits per heavy atom. The lowest BCUT2D eigenvalue weighted by molar-refractivity contribution is 0.0697. The van der Waals surface area contributed by atoms with Crippen LogP contribution >= 0.6 is 11.6 Å². The third-order valence-corrected chi connectivity index (χ3v) is 2.40. The van der Waals surface area contributed by atoms with Crippen molar-refractivity contribution in [3.8, 4) is 0 Å². The number of nitrogens with one attached hydrogen (secondary N) is 1. The minimum absolute atomic E-state index is 0.0859. The molecule has 0 radical (unpaired) electrons. The molecule has 5 heteroatoms. The van der Waals surface area contributed by atoms with Crippen molar-refractivity contribution >= 4 is 23.3 Å². The summed E-state index contributed by atoms with van der Waals surface area (Å²) < 4.78 is 0. The number of aromatic carboxylic acids is 1. The highest BCUT2D eigenvalue weighted by Gasteiger charge is 2.08. The molecule has 0 spiro atoms. The first kappa shape index (κ1) is 12.8. The molecule has 1 aromatic carbocycles. The van der Waals surface area contributed by atoms with Gasteiger partial charge in [-0.1, -0.05) is 11.6 Å². The molecule has 0 heterocycles. The van der Waals surface area contributed by atoms with Crippen molar-refractivity contribution in [1.29, 1.82) is 0 Å². The van der Waals surface area contributed by atoms with Gasteiger partial charge in [0.25, 0.3) is 0 Å². The zero-order chi connectivity index (χ0) is 12.1. The minimum Gasteiger partial charge on any atom is -0.478 e. The first-order chi connectivity index (χ1) is 7.50. The number of aliphatic hydroxyl groups is 1. The molecule has 0 bridgehead atoms. The van der Waals surface area contributed by atoms with Crippen LogP contribution in [0.3, 0.4) is 0 Å². The fourth-order valence-corrected chi connectivity index (χ4v) is 1.49. The molecule has 88 valence electrons. The van der Waals surface area contributed by atoms with Crippen LogP contribution in [0.5, 0.6) is 0 Å². The van der Waals surface area contributed by atoms with Crippen molar-refractivity contribution in [3.05, 3.63) is 28.8 Å². The Morgan fingerprint density at radius 3 is 2.75 bits per heavy atom. The summed E-state index contributed by atoms with van der Waals surface area (Å²) in [5.41, 5.74) is 0.832. The summed E-state index contributed by atoms with van der Waals surface area (Å²) >= 11 is 5.80. The second kappa shape index (κ2) is 5.72. The Labute approximate surface area is 98.9 Å². The summed E-state index contributed by atoms with van der Waals surface area (Å²) in [7, 11) is 0. The first-order valence-electron chi connectivity index (χ1n) is 4.95. The predicted octanol–water partition coefficient (Wildman–Crippen LogP) is 2.22. The van der Waals surface area contributed by atoms with E-state index in [2.05, 4.69) is 5.32 Å². The van der Waals surface area contributed by atoms with Crippen molar-refractivity contribution in [2.45, 2.75) is 19.4 Å². The lowest BCUT2D eigenvalue weighted by Gasteiger charge is -2.09. The topological polar surface area (TPSA) is 69.6 Å². The average molecular weight is 244 g/mol. The van der Waals surface area contributed by atoms with Crippen molar-refractivity contribution in [2.24, 2.45) is 0 Å². The largest absolute Gasteiger partial charge is 0.478 e. The third kappa shape index (κ3) is 3.72. The van der Waals surface area contributed by atoms with Crippen molar-refractivity contribution < 1.29 is 15.0 Å². The molecule has 3 N–H and O–H groups in total. The quantitative estimate of drug-likeness (QED) is 0.742. The number of hydrogen-bond donors (Lipinski definition) is 3. The second-order valence-electron chi connectivity index (χ2n) is 3.56. The zero-order valence-electron chi connectivity index (χ0n) is 8.90. The molecular formula is C11H14ClNO3. The van der Waals surface area contributed by atoms with E-state index in [9.17, 15) is 4.79 Å². The average Bonchev–Trinajstić information content (AvgIpc) is 2.16. The van der Waals surface area contributed by atoms with Crippen LogP contribution in [0, 0.1) is 0 Å². The van der Waals surface area contributed by atoms with Crippen LogP contribution in [0.2, 0.25) is 5.02 Å². The molecule has 0 aliphatic carbocycles. The molecule has 0 aliphatic rings. The van der Waals surface area contributed by atoms with E-state index >= 15 is 0 Å². The second-order valence-corrected chi connectivity index (χ2v) is 3.97. The van der Waals surface area contributed by atoms with Gasteiger partial charge in [0, 0.05) is 12.2 Å². The summed E-state index contributed by atoms with van der Waals surface area (Å²) in [4.78, 5) is 10.7. The van der Waals surface area contributed by atoms with E-state index < -0.39 is 5.97 Å². The number of halogens is 1. The minimum atomic E-state index is -1.04. The maximum Gasteiger partial charge on any atom is 0.337 e. The van der Waals surface area contributed by atoms with E-state index in [1.807, 2.05) is 0 Å². The molecule has 1 atom stereocenters. The summed E-state index contributed by atoms with van der Waals surface area (Å²) in [6, 6.07) is 4.67. The van der Waals surface area contributed by atoms with Crippen LogP contribution in [0.1, 0.15) is 23.7 Å². The van der Waals surface area contributed by atoms with Gasteiger partial charge < -0.3 is 15.5 Å². The molecule has 0 saturated heterocycles. The highest BCUT2D eigenvalue weighted by atomic mass is 35.5. The van der Waals surface area contributed by atoms with Crippen LogP contribution in [-0.2, 0) is 0 Å². The molecule has 0 amide bonds. The molecular weight excluding hydrogens is 230 g/mol. The Kier molecular flexibility index (Phi) is 4.58. The Bertz CT molecular complexity index is 379. The van der Waals surface area contributed by atoms with E-state index in [-0.39, 0.29) is 16.7 Å². The predicted molar refractivity (Wildman–Crippen MR) is 63.2 cm³/mol. The molecule has 0 fully saturated rings. The number of hydrogen-bond acceptors (Lipinski definition) is 3. The number of benzene rings is 1. The van der Waals surface area contributed by atoms with Crippen molar-refractivity contribution in [2.75, 3.05) is 11.9 Å². The fourth-order valence-electron chi connectivity index (χ4n) is 1.22. The van der Waals surface area contributed by atoms with Crippen LogP contribution in [-0.4, -0.2) is 28.8 Å². The third-order valence-electron chi connectivity index (χ3n) is 2.09. The summed E-state index contributed by atoms with van der Waals surface area (Å²) in [6.07, 6.45) is 0.263. The van der Waals surface area contributed by atoms with E-state index in [1.165, 1.54) is 6.07 Å². The lowest BCUT2D eigenvalue weighted by Crippen LogP contribution is -2.10. The SMILES string of the molecule is CC(O)CCNc1ccc(C(=O)O)c(Cl)c1. The summed E-state index contributed by atoms with van der Waals surface area (Å²) in [5.74, 6) is -1.04. The van der Waals surface area contributed by atoms with Crippen LogP contribution in [0.25, 0.3) is 0 Å². The zero-order valence-corrected chi connectivity index (χ0v) is 9.66. The molecule has 1 unspecified atom stereocenters. The van der Waals surface area contributed by atoms with Crippen LogP contribution in [0.15, 0.2) is 18.2 Å². The Balaban J connectivity index is 2.63. The van der Waals surface area contributed by atoms with E-state index in [1.54, 1.807) is 19.1 Å². The molecule has 16 heavy (non-hydrogen) atoms. The molecule has 1 rings (SSSR count).